The molecule has 1 aliphatic heterocycles. The van der Waals surface area contributed by atoms with Gasteiger partial charge in [0.05, 0.1) is 17.5 Å². The number of nitrogens with one attached hydrogen (secondary N) is 1. The lowest BCUT2D eigenvalue weighted by Crippen LogP contribution is -2.54. The van der Waals surface area contributed by atoms with Crippen LogP contribution in [-0.4, -0.2) is 46.4 Å². The van der Waals surface area contributed by atoms with Gasteiger partial charge in [0, 0.05) is 16.5 Å². The summed E-state index contributed by atoms with van der Waals surface area (Å²) >= 11 is 1.75. The Morgan fingerprint density at radius 1 is 1.03 bits per heavy atom. The fourth-order valence-electron chi connectivity index (χ4n) is 5.28. The average molecular weight is 423 g/mol. The summed E-state index contributed by atoms with van der Waals surface area (Å²) in [6, 6.07) is 11.1. The van der Waals surface area contributed by atoms with Crippen molar-refractivity contribution in [1.82, 2.24) is 15.3 Å². The molecule has 3 heterocycles. The van der Waals surface area contributed by atoms with E-state index in [1.165, 1.54) is 22.4 Å². The molecule has 158 valence electrons. The minimum atomic E-state index is -0.293. The minimum absolute atomic E-state index is 0.128. The van der Waals surface area contributed by atoms with Crippen molar-refractivity contribution >= 4 is 27.4 Å². The summed E-state index contributed by atoms with van der Waals surface area (Å²) in [6.45, 7) is 4.22. The number of aliphatic hydroxyl groups is 1. The van der Waals surface area contributed by atoms with E-state index >= 15 is 0 Å². The fraction of sp³-hybridized carbons (Fsp3) is 0.500. The van der Waals surface area contributed by atoms with Gasteiger partial charge in [-0.05, 0) is 51.3 Å². The first-order valence-corrected chi connectivity index (χ1v) is 12.0. The maximum absolute atomic E-state index is 11.0. The van der Waals surface area contributed by atoms with Crippen LogP contribution in [0.25, 0.3) is 21.3 Å². The van der Waals surface area contributed by atoms with E-state index in [0.29, 0.717) is 6.04 Å². The molecule has 2 atom stereocenters. The molecule has 2 aliphatic rings. The second-order valence-corrected chi connectivity index (χ2v) is 9.79. The van der Waals surface area contributed by atoms with Gasteiger partial charge in [-0.25, -0.2) is 9.97 Å². The van der Waals surface area contributed by atoms with Crippen LogP contribution in [0.15, 0.2) is 36.7 Å². The monoisotopic (exact) mass is 422 g/mol. The van der Waals surface area contributed by atoms with E-state index in [1.807, 2.05) is 0 Å². The quantitative estimate of drug-likeness (QED) is 0.647. The lowest BCUT2D eigenvalue weighted by atomic mass is 9.88. The second kappa shape index (κ2) is 8.61. The third kappa shape index (κ3) is 3.61. The van der Waals surface area contributed by atoms with Crippen LogP contribution in [0.4, 0.5) is 5.82 Å². The predicted octanol–water partition coefficient (Wildman–Crippen LogP) is 4.53. The van der Waals surface area contributed by atoms with Crippen LogP contribution >= 0.6 is 11.3 Å². The zero-order chi connectivity index (χ0) is 20.5. The number of hydrogen-bond donors (Lipinski definition) is 2. The number of thiophene rings is 1. The summed E-state index contributed by atoms with van der Waals surface area (Å²) in [5.41, 5.74) is 2.46. The highest BCUT2D eigenvalue weighted by molar-refractivity contribution is 7.19. The Kier molecular flexibility index (Phi) is 5.72. The van der Waals surface area contributed by atoms with Crippen LogP contribution in [-0.2, 0) is 0 Å². The predicted molar refractivity (Wildman–Crippen MR) is 124 cm³/mol. The molecule has 2 unspecified atom stereocenters. The molecule has 5 nitrogen and oxygen atoms in total. The SMILES string of the molecule is Cc1sc2ncnc(N(C3CCNCC3)C3CCCCC3O)c2c1-c1ccccc1. The van der Waals surface area contributed by atoms with E-state index < -0.39 is 0 Å². The largest absolute Gasteiger partial charge is 0.391 e. The Hall–Kier alpha value is -2.02. The Morgan fingerprint density at radius 2 is 1.80 bits per heavy atom. The van der Waals surface area contributed by atoms with Crippen LogP contribution in [0.3, 0.4) is 0 Å². The highest BCUT2D eigenvalue weighted by Gasteiger charge is 2.36. The smallest absolute Gasteiger partial charge is 0.142 e. The highest BCUT2D eigenvalue weighted by Crippen LogP contribution is 2.43. The Labute approximate surface area is 182 Å². The molecule has 5 rings (SSSR count). The highest BCUT2D eigenvalue weighted by atomic mass is 32.1. The lowest BCUT2D eigenvalue weighted by Gasteiger charge is -2.44. The number of benzene rings is 1. The average Bonchev–Trinajstić information content (AvgIpc) is 3.13. The molecule has 1 saturated heterocycles. The molecule has 0 amide bonds. The van der Waals surface area contributed by atoms with Gasteiger partial charge >= 0.3 is 0 Å². The molecular weight excluding hydrogens is 392 g/mol. The summed E-state index contributed by atoms with van der Waals surface area (Å²) in [5, 5.41) is 15.6. The number of nitrogens with zero attached hydrogens (tertiary/aromatic N) is 3. The van der Waals surface area contributed by atoms with Crippen LogP contribution in [0.1, 0.15) is 43.4 Å². The van der Waals surface area contributed by atoms with Crippen molar-refractivity contribution in [2.45, 2.75) is 63.6 Å². The zero-order valence-electron chi connectivity index (χ0n) is 17.6. The number of aromatic nitrogens is 2. The molecule has 1 aliphatic carbocycles. The lowest BCUT2D eigenvalue weighted by molar-refractivity contribution is 0.0978. The molecular formula is C24H30N4OS. The maximum Gasteiger partial charge on any atom is 0.142 e. The van der Waals surface area contributed by atoms with Gasteiger partial charge in [-0.15, -0.1) is 11.3 Å². The summed E-state index contributed by atoms with van der Waals surface area (Å²) in [7, 11) is 0. The third-order valence-electron chi connectivity index (χ3n) is 6.70. The van der Waals surface area contributed by atoms with E-state index in [0.717, 1.165) is 61.2 Å². The van der Waals surface area contributed by atoms with E-state index in [2.05, 4.69) is 52.5 Å². The molecule has 0 bridgehead atoms. The van der Waals surface area contributed by atoms with Crippen molar-refractivity contribution in [2.24, 2.45) is 0 Å². The van der Waals surface area contributed by atoms with Gasteiger partial charge < -0.3 is 15.3 Å². The molecule has 1 saturated carbocycles. The van der Waals surface area contributed by atoms with Gasteiger partial charge in [-0.3, -0.25) is 0 Å². The Morgan fingerprint density at radius 3 is 2.57 bits per heavy atom. The number of rotatable bonds is 4. The van der Waals surface area contributed by atoms with Gasteiger partial charge in [0.1, 0.15) is 17.0 Å². The van der Waals surface area contributed by atoms with Gasteiger partial charge in [0.2, 0.25) is 0 Å². The van der Waals surface area contributed by atoms with Crippen LogP contribution in [0.5, 0.6) is 0 Å². The normalized spacial score (nSPS) is 23.0. The summed E-state index contributed by atoms with van der Waals surface area (Å²) in [5.74, 6) is 1.01. The van der Waals surface area contributed by atoms with Crippen molar-refractivity contribution in [3.8, 4) is 11.1 Å². The first-order valence-electron chi connectivity index (χ1n) is 11.2. The molecule has 0 radical (unpaired) electrons. The zero-order valence-corrected chi connectivity index (χ0v) is 18.4. The Bertz CT molecular complexity index is 999. The van der Waals surface area contributed by atoms with Crippen molar-refractivity contribution in [2.75, 3.05) is 18.0 Å². The van der Waals surface area contributed by atoms with Crippen molar-refractivity contribution < 1.29 is 5.11 Å². The fourth-order valence-corrected chi connectivity index (χ4v) is 6.29. The van der Waals surface area contributed by atoms with Gasteiger partial charge in [0.25, 0.3) is 0 Å². The molecule has 3 aromatic rings. The maximum atomic E-state index is 11.0. The topological polar surface area (TPSA) is 61.3 Å². The molecule has 2 aromatic heterocycles. The van der Waals surface area contributed by atoms with Gasteiger partial charge in [0.15, 0.2) is 0 Å². The van der Waals surface area contributed by atoms with Crippen LogP contribution < -0.4 is 10.2 Å². The minimum Gasteiger partial charge on any atom is -0.391 e. The van der Waals surface area contributed by atoms with E-state index in [-0.39, 0.29) is 12.1 Å². The van der Waals surface area contributed by atoms with Crippen molar-refractivity contribution in [3.05, 3.63) is 41.5 Å². The molecule has 1 aromatic carbocycles. The number of hydrogen-bond acceptors (Lipinski definition) is 6. The van der Waals surface area contributed by atoms with Crippen LogP contribution in [0, 0.1) is 6.92 Å². The van der Waals surface area contributed by atoms with Gasteiger partial charge in [-0.2, -0.15) is 0 Å². The van der Waals surface area contributed by atoms with Gasteiger partial charge in [-0.1, -0.05) is 43.2 Å². The Balaban J connectivity index is 1.70. The molecule has 30 heavy (non-hydrogen) atoms. The summed E-state index contributed by atoms with van der Waals surface area (Å²) in [4.78, 5) is 14.3. The summed E-state index contributed by atoms with van der Waals surface area (Å²) in [6.07, 6.45) is 7.78. The van der Waals surface area contributed by atoms with E-state index in [9.17, 15) is 5.11 Å². The summed E-state index contributed by atoms with van der Waals surface area (Å²) < 4.78 is 0. The first-order chi connectivity index (χ1) is 14.7. The second-order valence-electron chi connectivity index (χ2n) is 8.58. The number of anilines is 1. The van der Waals surface area contributed by atoms with Crippen molar-refractivity contribution in [1.29, 1.82) is 0 Å². The number of aryl methyl sites for hydroxylation is 1. The molecule has 2 N–H and O–H groups in total. The van der Waals surface area contributed by atoms with E-state index in [4.69, 9.17) is 4.98 Å². The van der Waals surface area contributed by atoms with Crippen molar-refractivity contribution in [3.63, 3.8) is 0 Å². The molecule has 0 spiro atoms. The first kappa shape index (κ1) is 19.9. The van der Waals surface area contributed by atoms with E-state index in [1.54, 1.807) is 17.7 Å². The third-order valence-corrected chi connectivity index (χ3v) is 7.72. The standard InChI is InChI=1S/C24H30N4OS/c1-16-21(17-7-3-2-4-8-17)22-23(26-15-27-24(22)30-16)28(18-11-13-25-14-12-18)19-9-5-6-10-20(19)29/h2-4,7-8,15,18-20,25,29H,5-6,9-14H2,1H3. The number of aliphatic hydroxyl groups excluding tert-OH is 1. The molecule has 6 heteroatoms. The molecule has 2 fully saturated rings. The van der Waals surface area contributed by atoms with Crippen LogP contribution in [0.2, 0.25) is 0 Å². The number of piperidine rings is 1. The number of fused-ring (bicyclic) bond motifs is 1.